The molecule has 0 bridgehead atoms. The molecule has 4 rings (SSSR count). The van der Waals surface area contributed by atoms with Gasteiger partial charge >= 0.3 is 0 Å². The number of thioether (sulfide) groups is 1. The second-order valence-corrected chi connectivity index (χ2v) is 7.81. The lowest BCUT2D eigenvalue weighted by Gasteiger charge is -2.12. The molecule has 30 heavy (non-hydrogen) atoms. The minimum absolute atomic E-state index is 0.215. The van der Waals surface area contributed by atoms with Crippen molar-refractivity contribution in [1.29, 1.82) is 0 Å². The topological polar surface area (TPSA) is 102 Å². The number of nitrogens with one attached hydrogen (secondary N) is 2. The Bertz CT molecular complexity index is 1250. The number of carbonyl (C=O) groups excluding carboxylic acids is 1. The monoisotopic (exact) mass is 421 g/mol. The fraction of sp³-hybridized carbons (Fsp3) is 0.143. The predicted molar refractivity (Wildman–Crippen MR) is 116 cm³/mol. The summed E-state index contributed by atoms with van der Waals surface area (Å²) < 4.78 is 6.78. The smallest absolute Gasteiger partial charge is 0.262 e. The molecule has 0 saturated heterocycles. The first-order valence-electron chi connectivity index (χ1n) is 9.20. The summed E-state index contributed by atoms with van der Waals surface area (Å²) in [6.45, 7) is 1.75. The quantitative estimate of drug-likeness (QED) is 0.366. The Hall–Kier alpha value is -3.59. The van der Waals surface area contributed by atoms with Gasteiger partial charge in [0.1, 0.15) is 11.1 Å². The van der Waals surface area contributed by atoms with Crippen molar-refractivity contribution in [1.82, 2.24) is 19.7 Å². The van der Waals surface area contributed by atoms with E-state index in [0.717, 1.165) is 5.69 Å². The number of aromatic amines is 1. The van der Waals surface area contributed by atoms with E-state index in [4.69, 9.17) is 4.74 Å². The Balaban J connectivity index is 1.57. The molecule has 1 atom stereocenters. The molecule has 2 N–H and O–H groups in total. The number of anilines is 1. The Morgan fingerprint density at radius 3 is 2.77 bits per heavy atom. The molecule has 2 heterocycles. The molecule has 152 valence electrons. The average Bonchev–Trinajstić information content (AvgIpc) is 3.19. The number of para-hydroxylation sites is 1. The van der Waals surface area contributed by atoms with Crippen LogP contribution in [0.15, 0.2) is 70.7 Å². The Labute approximate surface area is 176 Å². The second-order valence-electron chi connectivity index (χ2n) is 6.48. The SMILES string of the molecule is COc1cccc(NC(=O)C(C)Sc2nc3c(cnn3-c3ccccc3)c(=O)[nH]2)c1. The predicted octanol–water partition coefficient (Wildman–Crippen LogP) is 3.24. The van der Waals surface area contributed by atoms with Crippen molar-refractivity contribution in [3.8, 4) is 11.4 Å². The zero-order valence-corrected chi connectivity index (χ0v) is 17.1. The number of carbonyl (C=O) groups is 1. The number of benzene rings is 2. The van der Waals surface area contributed by atoms with Crippen LogP contribution >= 0.6 is 11.8 Å². The van der Waals surface area contributed by atoms with Gasteiger partial charge in [0.2, 0.25) is 5.91 Å². The first-order valence-corrected chi connectivity index (χ1v) is 10.1. The molecular weight excluding hydrogens is 402 g/mol. The Morgan fingerprint density at radius 1 is 1.20 bits per heavy atom. The zero-order valence-electron chi connectivity index (χ0n) is 16.3. The zero-order chi connectivity index (χ0) is 21.1. The molecule has 0 spiro atoms. The Morgan fingerprint density at radius 2 is 2.00 bits per heavy atom. The largest absolute Gasteiger partial charge is 0.497 e. The molecule has 0 saturated carbocycles. The number of hydrogen-bond donors (Lipinski definition) is 2. The van der Waals surface area contributed by atoms with Crippen LogP contribution in [0.5, 0.6) is 5.75 Å². The molecule has 1 amide bonds. The summed E-state index contributed by atoms with van der Waals surface area (Å²) in [4.78, 5) is 32.3. The van der Waals surface area contributed by atoms with E-state index in [1.807, 2.05) is 30.3 Å². The minimum atomic E-state index is -0.495. The van der Waals surface area contributed by atoms with Crippen LogP contribution in [0.4, 0.5) is 5.69 Å². The number of aromatic nitrogens is 4. The van der Waals surface area contributed by atoms with Crippen molar-refractivity contribution < 1.29 is 9.53 Å². The van der Waals surface area contributed by atoms with Gasteiger partial charge in [-0.25, -0.2) is 9.67 Å². The molecule has 0 fully saturated rings. The van der Waals surface area contributed by atoms with E-state index >= 15 is 0 Å². The van der Waals surface area contributed by atoms with Crippen LogP contribution in [-0.2, 0) is 4.79 Å². The van der Waals surface area contributed by atoms with E-state index in [2.05, 4.69) is 20.4 Å². The molecule has 2 aromatic heterocycles. The van der Waals surface area contributed by atoms with E-state index in [-0.39, 0.29) is 11.5 Å². The van der Waals surface area contributed by atoms with Crippen molar-refractivity contribution >= 4 is 34.4 Å². The fourth-order valence-corrected chi connectivity index (χ4v) is 3.67. The van der Waals surface area contributed by atoms with E-state index < -0.39 is 5.25 Å². The van der Waals surface area contributed by atoms with Gasteiger partial charge in [-0.2, -0.15) is 5.10 Å². The summed E-state index contributed by atoms with van der Waals surface area (Å²) >= 11 is 1.17. The summed E-state index contributed by atoms with van der Waals surface area (Å²) in [6.07, 6.45) is 1.49. The molecule has 0 aliphatic heterocycles. The third kappa shape index (κ3) is 4.06. The number of H-pyrrole nitrogens is 1. The first kappa shape index (κ1) is 19.7. The summed E-state index contributed by atoms with van der Waals surface area (Å²) in [5, 5.41) is 7.37. The lowest BCUT2D eigenvalue weighted by molar-refractivity contribution is -0.115. The average molecular weight is 421 g/mol. The van der Waals surface area contributed by atoms with E-state index in [1.54, 1.807) is 43.0 Å². The van der Waals surface area contributed by atoms with Crippen molar-refractivity contribution in [3.05, 3.63) is 71.1 Å². The molecule has 1 unspecified atom stereocenters. The van der Waals surface area contributed by atoms with Crippen LogP contribution in [0.2, 0.25) is 0 Å². The van der Waals surface area contributed by atoms with Crippen LogP contribution in [0.25, 0.3) is 16.7 Å². The lowest BCUT2D eigenvalue weighted by atomic mass is 10.3. The maximum atomic E-state index is 12.6. The van der Waals surface area contributed by atoms with Gasteiger partial charge < -0.3 is 15.0 Å². The third-order valence-corrected chi connectivity index (χ3v) is 5.40. The van der Waals surface area contributed by atoms with Gasteiger partial charge in [-0.05, 0) is 31.2 Å². The maximum absolute atomic E-state index is 12.6. The highest BCUT2D eigenvalue weighted by Gasteiger charge is 2.18. The fourth-order valence-electron chi connectivity index (χ4n) is 2.88. The molecule has 0 aliphatic carbocycles. The van der Waals surface area contributed by atoms with Gasteiger partial charge in [-0.3, -0.25) is 9.59 Å². The molecule has 2 aromatic carbocycles. The summed E-state index contributed by atoms with van der Waals surface area (Å²) in [7, 11) is 1.57. The van der Waals surface area contributed by atoms with Crippen LogP contribution in [0.3, 0.4) is 0 Å². The summed E-state index contributed by atoms with van der Waals surface area (Å²) in [6, 6.07) is 16.5. The summed E-state index contributed by atoms with van der Waals surface area (Å²) in [5.41, 5.74) is 1.56. The summed E-state index contributed by atoms with van der Waals surface area (Å²) in [5.74, 6) is 0.436. The van der Waals surface area contributed by atoms with Gasteiger partial charge in [0.25, 0.3) is 5.56 Å². The number of rotatable bonds is 6. The van der Waals surface area contributed by atoms with E-state index in [0.29, 0.717) is 27.6 Å². The van der Waals surface area contributed by atoms with Crippen LogP contribution in [0, 0.1) is 0 Å². The third-order valence-electron chi connectivity index (χ3n) is 4.41. The number of amides is 1. The van der Waals surface area contributed by atoms with Gasteiger partial charge in [0.05, 0.1) is 24.2 Å². The molecule has 8 nitrogen and oxygen atoms in total. The maximum Gasteiger partial charge on any atom is 0.262 e. The van der Waals surface area contributed by atoms with Crippen molar-refractivity contribution in [2.24, 2.45) is 0 Å². The number of fused-ring (bicyclic) bond motifs is 1. The number of hydrogen-bond acceptors (Lipinski definition) is 6. The highest BCUT2D eigenvalue weighted by molar-refractivity contribution is 8.00. The number of nitrogens with zero attached hydrogens (tertiary/aromatic N) is 3. The van der Waals surface area contributed by atoms with Crippen LogP contribution < -0.4 is 15.6 Å². The molecule has 0 aliphatic rings. The van der Waals surface area contributed by atoms with Crippen LogP contribution in [0.1, 0.15) is 6.92 Å². The standard InChI is InChI=1S/C21H19N5O3S/c1-13(19(27)23-14-7-6-10-16(11-14)29-2)30-21-24-18-17(20(28)25-21)12-22-26(18)15-8-4-3-5-9-15/h3-13H,1-2H3,(H,23,27)(H,24,25,28). The van der Waals surface area contributed by atoms with Gasteiger partial charge in [-0.1, -0.05) is 36.0 Å². The Kier molecular flexibility index (Phi) is 5.53. The van der Waals surface area contributed by atoms with Crippen LogP contribution in [-0.4, -0.2) is 38.0 Å². The first-order chi connectivity index (χ1) is 14.5. The van der Waals surface area contributed by atoms with E-state index in [9.17, 15) is 9.59 Å². The second kappa shape index (κ2) is 8.42. The normalized spacial score (nSPS) is 11.9. The van der Waals surface area contributed by atoms with Gasteiger partial charge in [-0.15, -0.1) is 0 Å². The molecule has 4 aromatic rings. The van der Waals surface area contributed by atoms with Gasteiger partial charge in [0, 0.05) is 11.8 Å². The number of ether oxygens (including phenoxy) is 1. The number of methoxy groups -OCH3 is 1. The van der Waals surface area contributed by atoms with Gasteiger partial charge in [0.15, 0.2) is 10.8 Å². The van der Waals surface area contributed by atoms with Crippen molar-refractivity contribution in [2.45, 2.75) is 17.3 Å². The van der Waals surface area contributed by atoms with E-state index in [1.165, 1.54) is 18.0 Å². The molecule has 0 radical (unpaired) electrons. The van der Waals surface area contributed by atoms with Crippen molar-refractivity contribution in [3.63, 3.8) is 0 Å². The highest BCUT2D eigenvalue weighted by Crippen LogP contribution is 2.23. The molecular formula is C21H19N5O3S. The molecule has 9 heteroatoms. The van der Waals surface area contributed by atoms with Crippen molar-refractivity contribution in [2.75, 3.05) is 12.4 Å². The highest BCUT2D eigenvalue weighted by atomic mass is 32.2. The lowest BCUT2D eigenvalue weighted by Crippen LogP contribution is -2.23. The minimum Gasteiger partial charge on any atom is -0.497 e.